The van der Waals surface area contributed by atoms with Crippen LogP contribution in [0.15, 0.2) is 30.7 Å². The topological polar surface area (TPSA) is 124 Å². The van der Waals surface area contributed by atoms with Gasteiger partial charge in [0.25, 0.3) is 11.8 Å². The minimum Gasteiger partial charge on any atom is -0.350 e. The van der Waals surface area contributed by atoms with E-state index in [0.717, 1.165) is 55.2 Å². The second kappa shape index (κ2) is 12.1. The van der Waals surface area contributed by atoms with Crippen molar-refractivity contribution in [1.82, 2.24) is 45.4 Å². The van der Waals surface area contributed by atoms with Gasteiger partial charge in [-0.3, -0.25) is 14.6 Å². The van der Waals surface area contributed by atoms with Gasteiger partial charge in [-0.2, -0.15) is 13.2 Å². The van der Waals surface area contributed by atoms with E-state index in [9.17, 15) is 22.8 Å². The number of hydrogen-bond acceptors (Lipinski definition) is 7. The Morgan fingerprint density at radius 3 is 2.63 bits per heavy atom. The van der Waals surface area contributed by atoms with Gasteiger partial charge in [0.1, 0.15) is 0 Å². The van der Waals surface area contributed by atoms with E-state index in [1.54, 1.807) is 0 Å². The summed E-state index contributed by atoms with van der Waals surface area (Å²) < 4.78 is 39.7. The van der Waals surface area contributed by atoms with Crippen LogP contribution in [0.2, 0.25) is 0 Å². The van der Waals surface area contributed by atoms with Gasteiger partial charge >= 0.3 is 6.18 Å². The number of halogens is 3. The Morgan fingerprint density at radius 2 is 1.95 bits per heavy atom. The highest BCUT2D eigenvalue weighted by atomic mass is 19.4. The summed E-state index contributed by atoms with van der Waals surface area (Å²) >= 11 is 0. The molecule has 14 heteroatoms. The monoisotopic (exact) mass is 533 g/mol. The van der Waals surface area contributed by atoms with Gasteiger partial charge in [-0.05, 0) is 47.7 Å². The van der Waals surface area contributed by atoms with Crippen molar-refractivity contribution < 1.29 is 22.8 Å². The summed E-state index contributed by atoms with van der Waals surface area (Å²) in [5, 5.41) is 18.4. The molecule has 4 rings (SSSR count). The molecule has 3 aromatic heterocycles. The third-order valence-corrected chi connectivity index (χ3v) is 6.52. The molecule has 3 aromatic rings. The van der Waals surface area contributed by atoms with Gasteiger partial charge in [-0.25, -0.2) is 0 Å². The zero-order valence-corrected chi connectivity index (χ0v) is 21.1. The second-order valence-corrected chi connectivity index (χ2v) is 9.33. The van der Waals surface area contributed by atoms with Crippen molar-refractivity contribution in [2.24, 2.45) is 5.92 Å². The van der Waals surface area contributed by atoms with Crippen molar-refractivity contribution in [2.45, 2.75) is 64.6 Å². The maximum atomic E-state index is 13.7. The Bertz CT molecular complexity index is 1220. The molecule has 0 radical (unpaired) electrons. The number of rotatable bonds is 10. The van der Waals surface area contributed by atoms with E-state index in [2.05, 4.69) is 30.9 Å². The lowest BCUT2D eigenvalue weighted by Gasteiger charge is -2.23. The molecule has 1 aliphatic carbocycles. The van der Waals surface area contributed by atoms with Crippen LogP contribution >= 0.6 is 0 Å². The molecule has 0 aliphatic heterocycles. The zero-order chi connectivity index (χ0) is 27.1. The van der Waals surface area contributed by atoms with Gasteiger partial charge in [0.2, 0.25) is 0 Å². The van der Waals surface area contributed by atoms with E-state index in [-0.39, 0.29) is 30.2 Å². The summed E-state index contributed by atoms with van der Waals surface area (Å²) in [7, 11) is 0. The predicted octanol–water partition coefficient (Wildman–Crippen LogP) is 3.35. The summed E-state index contributed by atoms with van der Waals surface area (Å²) in [6.45, 7) is 2.41. The quantitative estimate of drug-likeness (QED) is 0.424. The summed E-state index contributed by atoms with van der Waals surface area (Å²) in [5.74, 6) is -0.852. The molecule has 11 nitrogen and oxygen atoms in total. The minimum absolute atomic E-state index is 0.0660. The fourth-order valence-corrected chi connectivity index (χ4v) is 4.46. The lowest BCUT2D eigenvalue weighted by Crippen LogP contribution is -2.37. The maximum Gasteiger partial charge on any atom is 0.416 e. The summed E-state index contributed by atoms with van der Waals surface area (Å²) in [5.41, 5.74) is -1.15. The average Bonchev–Trinajstić information content (AvgIpc) is 3.60. The van der Waals surface area contributed by atoms with Crippen molar-refractivity contribution in [1.29, 1.82) is 0 Å². The number of pyridine rings is 1. The SMILES string of the molecule is CCCCN(Cc1cc(C(F)(F)F)ccn1)C(=O)c1nnn(-n2ccnn2)c1C(=O)NCC1CCCCC1. The zero-order valence-electron chi connectivity index (χ0n) is 21.1. The first-order valence-electron chi connectivity index (χ1n) is 12.7. The average molecular weight is 534 g/mol. The smallest absolute Gasteiger partial charge is 0.350 e. The van der Waals surface area contributed by atoms with Gasteiger partial charge < -0.3 is 10.2 Å². The third-order valence-electron chi connectivity index (χ3n) is 6.52. The number of hydrogen-bond donors (Lipinski definition) is 1. The number of carbonyl (C=O) groups is 2. The lowest BCUT2D eigenvalue weighted by atomic mass is 9.89. The van der Waals surface area contributed by atoms with Gasteiger partial charge in [-0.1, -0.05) is 32.6 Å². The van der Waals surface area contributed by atoms with Crippen LogP contribution < -0.4 is 5.32 Å². The first-order chi connectivity index (χ1) is 18.3. The predicted molar refractivity (Wildman–Crippen MR) is 129 cm³/mol. The highest BCUT2D eigenvalue weighted by Gasteiger charge is 2.33. The number of carbonyl (C=O) groups excluding carboxylic acids is 2. The number of nitrogens with one attached hydrogen (secondary N) is 1. The largest absolute Gasteiger partial charge is 0.416 e. The molecule has 38 heavy (non-hydrogen) atoms. The van der Waals surface area contributed by atoms with E-state index >= 15 is 0 Å². The summed E-state index contributed by atoms with van der Waals surface area (Å²) in [6, 6.07) is 1.79. The second-order valence-electron chi connectivity index (χ2n) is 9.33. The molecule has 0 unspecified atom stereocenters. The molecule has 2 amide bonds. The molecule has 0 aromatic carbocycles. The van der Waals surface area contributed by atoms with Crippen molar-refractivity contribution in [3.63, 3.8) is 0 Å². The van der Waals surface area contributed by atoms with E-state index in [4.69, 9.17) is 0 Å². The standard InChI is InChI=1S/C24H30F3N9O2/c1-2-3-12-34(16-19-14-18(9-10-28-19)24(25,26)27)23(38)20-21(36(33-31-20)35-13-11-30-32-35)22(37)29-15-17-7-5-4-6-8-17/h9-11,13-14,17H,2-8,12,15-16H2,1H3,(H,29,37). The van der Waals surface area contributed by atoms with Crippen LogP contribution in [-0.2, 0) is 12.7 Å². The molecule has 1 N–H and O–H groups in total. The molecule has 1 aliphatic rings. The van der Waals surface area contributed by atoms with Gasteiger partial charge in [0, 0.05) is 19.3 Å². The Kier molecular flexibility index (Phi) is 8.69. The van der Waals surface area contributed by atoms with Crippen molar-refractivity contribution in [3.05, 3.63) is 53.4 Å². The highest BCUT2D eigenvalue weighted by Crippen LogP contribution is 2.29. The molecule has 1 saturated carbocycles. The number of aromatic nitrogens is 7. The van der Waals surface area contributed by atoms with Crippen LogP contribution in [0.3, 0.4) is 0 Å². The van der Waals surface area contributed by atoms with Crippen LogP contribution in [0.1, 0.15) is 84.1 Å². The van der Waals surface area contributed by atoms with Gasteiger partial charge in [0.05, 0.1) is 30.2 Å². The number of unbranched alkanes of at least 4 members (excludes halogenated alkanes) is 1. The molecular weight excluding hydrogens is 503 g/mol. The lowest BCUT2D eigenvalue weighted by molar-refractivity contribution is -0.137. The Hall–Kier alpha value is -3.84. The van der Waals surface area contributed by atoms with Crippen LogP contribution in [0.4, 0.5) is 13.2 Å². The van der Waals surface area contributed by atoms with E-state index in [1.165, 1.54) is 28.5 Å². The molecular formula is C24H30F3N9O2. The number of nitrogens with zero attached hydrogens (tertiary/aromatic N) is 8. The van der Waals surface area contributed by atoms with E-state index < -0.39 is 23.6 Å². The maximum absolute atomic E-state index is 13.7. The van der Waals surface area contributed by atoms with Gasteiger partial charge in [-0.15, -0.1) is 19.8 Å². The summed E-state index contributed by atoms with van der Waals surface area (Å²) in [4.78, 5) is 34.7. The third kappa shape index (κ3) is 6.53. The Morgan fingerprint density at radius 1 is 1.16 bits per heavy atom. The normalized spacial score (nSPS) is 14.4. The number of alkyl halides is 3. The van der Waals surface area contributed by atoms with Crippen molar-refractivity contribution in [3.8, 4) is 0 Å². The van der Waals surface area contributed by atoms with E-state index in [1.807, 2.05) is 6.92 Å². The highest BCUT2D eigenvalue weighted by molar-refractivity contribution is 6.04. The van der Waals surface area contributed by atoms with Crippen LogP contribution in [0.25, 0.3) is 0 Å². The van der Waals surface area contributed by atoms with E-state index in [0.29, 0.717) is 18.9 Å². The molecule has 0 atom stereocenters. The van der Waals surface area contributed by atoms with Crippen molar-refractivity contribution >= 4 is 11.8 Å². The first kappa shape index (κ1) is 27.2. The minimum atomic E-state index is -4.54. The molecule has 0 bridgehead atoms. The first-order valence-corrected chi connectivity index (χ1v) is 12.7. The Balaban J connectivity index is 1.62. The Labute approximate surface area is 217 Å². The molecule has 0 saturated heterocycles. The summed E-state index contributed by atoms with van der Waals surface area (Å²) in [6.07, 6.45) is 6.11. The van der Waals surface area contributed by atoms with Gasteiger partial charge in [0.15, 0.2) is 11.4 Å². The van der Waals surface area contributed by atoms with Crippen LogP contribution in [0, 0.1) is 5.92 Å². The molecule has 0 spiro atoms. The number of amides is 2. The molecule has 3 heterocycles. The molecule has 1 fully saturated rings. The fourth-order valence-electron chi connectivity index (χ4n) is 4.46. The van der Waals surface area contributed by atoms with Crippen LogP contribution in [0.5, 0.6) is 0 Å². The van der Waals surface area contributed by atoms with Crippen LogP contribution in [-0.4, -0.2) is 65.0 Å². The van der Waals surface area contributed by atoms with Crippen molar-refractivity contribution in [2.75, 3.05) is 13.1 Å². The molecule has 204 valence electrons. The fraction of sp³-hybridized carbons (Fsp3) is 0.542.